The zero-order chi connectivity index (χ0) is 12.1. The summed E-state index contributed by atoms with van der Waals surface area (Å²) in [6, 6.07) is 9.36. The predicted molar refractivity (Wildman–Crippen MR) is 68.2 cm³/mol. The molecule has 0 radical (unpaired) electrons. The lowest BCUT2D eigenvalue weighted by Gasteiger charge is -2.07. The summed E-state index contributed by atoms with van der Waals surface area (Å²) >= 11 is 3.42. The van der Waals surface area contributed by atoms with E-state index >= 15 is 0 Å². The summed E-state index contributed by atoms with van der Waals surface area (Å²) in [6.45, 7) is 0.618. The molecule has 4 nitrogen and oxygen atoms in total. The number of nitriles is 1. The molecule has 1 aromatic carbocycles. The topological polar surface area (TPSA) is 61.6 Å². The maximum atomic E-state index is 8.75. The van der Waals surface area contributed by atoms with Crippen molar-refractivity contribution in [1.82, 2.24) is 9.97 Å². The lowest BCUT2D eigenvalue weighted by molar-refractivity contribution is 1.01. The average Bonchev–Trinajstić information content (AvgIpc) is 2.38. The molecule has 0 amide bonds. The highest BCUT2D eigenvalue weighted by Crippen LogP contribution is 2.23. The third-order valence-corrected chi connectivity index (χ3v) is 2.86. The van der Waals surface area contributed by atoms with Gasteiger partial charge in [-0.05, 0) is 40.2 Å². The van der Waals surface area contributed by atoms with Crippen LogP contribution in [0.3, 0.4) is 0 Å². The van der Waals surface area contributed by atoms with E-state index in [0.29, 0.717) is 12.1 Å². The van der Waals surface area contributed by atoms with Crippen LogP contribution in [0.25, 0.3) is 0 Å². The second-order valence-electron chi connectivity index (χ2n) is 3.36. The number of rotatable bonds is 3. The Labute approximate surface area is 107 Å². The van der Waals surface area contributed by atoms with Gasteiger partial charge in [-0.2, -0.15) is 5.26 Å². The van der Waals surface area contributed by atoms with Crippen LogP contribution in [0.1, 0.15) is 11.3 Å². The van der Waals surface area contributed by atoms with E-state index in [4.69, 9.17) is 5.26 Å². The number of halogens is 1. The molecule has 1 N–H and O–H groups in total. The van der Waals surface area contributed by atoms with Gasteiger partial charge in [0.2, 0.25) is 0 Å². The summed E-state index contributed by atoms with van der Waals surface area (Å²) in [5, 5.41) is 12.0. The van der Waals surface area contributed by atoms with E-state index in [1.54, 1.807) is 18.3 Å². The van der Waals surface area contributed by atoms with Crippen LogP contribution in [0.2, 0.25) is 0 Å². The van der Waals surface area contributed by atoms with Crippen LogP contribution in [0.4, 0.5) is 5.69 Å². The first-order valence-corrected chi connectivity index (χ1v) is 5.77. The molecule has 5 heteroatoms. The fraction of sp³-hybridized carbons (Fsp3) is 0.0833. The zero-order valence-corrected chi connectivity index (χ0v) is 10.5. The first kappa shape index (κ1) is 11.6. The molecule has 1 heterocycles. The van der Waals surface area contributed by atoms with Crippen LogP contribution in [0.15, 0.2) is 41.3 Å². The van der Waals surface area contributed by atoms with Gasteiger partial charge in [0.15, 0.2) is 0 Å². The van der Waals surface area contributed by atoms with Crippen LogP contribution >= 0.6 is 15.9 Å². The minimum atomic E-state index is 0.618. The van der Waals surface area contributed by atoms with Crippen LogP contribution in [0.5, 0.6) is 0 Å². The first-order valence-electron chi connectivity index (χ1n) is 4.98. The van der Waals surface area contributed by atoms with Crippen molar-refractivity contribution in [3.63, 3.8) is 0 Å². The van der Waals surface area contributed by atoms with Gasteiger partial charge in [-0.1, -0.05) is 0 Å². The van der Waals surface area contributed by atoms with Crippen LogP contribution in [0, 0.1) is 11.3 Å². The Bertz CT molecular complexity index is 548. The SMILES string of the molecule is N#Cc1ccc(NCc2ccncn2)c(Br)c1. The average molecular weight is 289 g/mol. The van der Waals surface area contributed by atoms with Gasteiger partial charge in [0.25, 0.3) is 0 Å². The molecule has 0 aliphatic carbocycles. The van der Waals surface area contributed by atoms with Gasteiger partial charge < -0.3 is 5.32 Å². The summed E-state index contributed by atoms with van der Waals surface area (Å²) in [7, 11) is 0. The monoisotopic (exact) mass is 288 g/mol. The van der Waals surface area contributed by atoms with E-state index in [1.165, 1.54) is 6.33 Å². The van der Waals surface area contributed by atoms with Crippen molar-refractivity contribution in [2.24, 2.45) is 0 Å². The first-order chi connectivity index (χ1) is 8.29. The molecule has 0 aliphatic rings. The van der Waals surface area contributed by atoms with Crippen molar-refractivity contribution >= 4 is 21.6 Å². The third-order valence-electron chi connectivity index (χ3n) is 2.20. The number of hydrogen-bond donors (Lipinski definition) is 1. The van der Waals surface area contributed by atoms with Crippen LogP contribution in [-0.4, -0.2) is 9.97 Å². The van der Waals surface area contributed by atoms with Gasteiger partial charge in [0.05, 0.1) is 23.9 Å². The fourth-order valence-electron chi connectivity index (χ4n) is 1.34. The lowest BCUT2D eigenvalue weighted by Crippen LogP contribution is -2.02. The molecule has 0 saturated carbocycles. The van der Waals surface area contributed by atoms with Gasteiger partial charge >= 0.3 is 0 Å². The van der Waals surface area contributed by atoms with Crippen molar-refractivity contribution in [3.05, 3.63) is 52.5 Å². The van der Waals surface area contributed by atoms with Gasteiger partial charge in [-0.25, -0.2) is 9.97 Å². The molecule has 0 spiro atoms. The second kappa shape index (κ2) is 5.41. The van der Waals surface area contributed by atoms with E-state index in [1.807, 2.05) is 12.1 Å². The Kier molecular flexibility index (Phi) is 3.68. The Balaban J connectivity index is 2.08. The van der Waals surface area contributed by atoms with E-state index in [2.05, 4.69) is 37.3 Å². The summed E-state index contributed by atoms with van der Waals surface area (Å²) in [6.07, 6.45) is 3.22. The van der Waals surface area contributed by atoms with Gasteiger partial charge in [0.1, 0.15) is 6.33 Å². The predicted octanol–water partition coefficient (Wildman–Crippen LogP) is 2.72. The third kappa shape index (κ3) is 3.02. The minimum absolute atomic E-state index is 0.618. The summed E-state index contributed by atoms with van der Waals surface area (Å²) in [5.41, 5.74) is 2.48. The maximum Gasteiger partial charge on any atom is 0.115 e. The van der Waals surface area contributed by atoms with Crippen LogP contribution in [-0.2, 0) is 6.54 Å². The summed E-state index contributed by atoms with van der Waals surface area (Å²) in [5.74, 6) is 0. The number of anilines is 1. The zero-order valence-electron chi connectivity index (χ0n) is 8.89. The molecule has 17 heavy (non-hydrogen) atoms. The standard InChI is InChI=1S/C12H9BrN4/c13-11-5-9(6-14)1-2-12(11)16-7-10-3-4-15-8-17-10/h1-5,8,16H,7H2. The highest BCUT2D eigenvalue weighted by molar-refractivity contribution is 9.10. The Hall–Kier alpha value is -1.93. The number of benzene rings is 1. The lowest BCUT2D eigenvalue weighted by atomic mass is 10.2. The number of aromatic nitrogens is 2. The molecule has 0 aliphatic heterocycles. The highest BCUT2D eigenvalue weighted by atomic mass is 79.9. The van der Waals surface area contributed by atoms with E-state index in [0.717, 1.165) is 15.9 Å². The number of nitrogens with zero attached hydrogens (tertiary/aromatic N) is 3. The van der Waals surface area contributed by atoms with Crippen molar-refractivity contribution in [1.29, 1.82) is 5.26 Å². The normalized spacial score (nSPS) is 9.65. The van der Waals surface area contributed by atoms with Crippen molar-refractivity contribution < 1.29 is 0 Å². The molecule has 1 aromatic heterocycles. The van der Waals surface area contributed by atoms with Gasteiger partial charge in [0, 0.05) is 16.4 Å². The highest BCUT2D eigenvalue weighted by Gasteiger charge is 2.01. The number of hydrogen-bond acceptors (Lipinski definition) is 4. The van der Waals surface area contributed by atoms with E-state index in [9.17, 15) is 0 Å². The molecule has 0 unspecified atom stereocenters. The van der Waals surface area contributed by atoms with Gasteiger partial charge in [-0.15, -0.1) is 0 Å². The number of nitrogens with one attached hydrogen (secondary N) is 1. The smallest absolute Gasteiger partial charge is 0.115 e. The quantitative estimate of drug-likeness (QED) is 0.943. The molecule has 2 aromatic rings. The second-order valence-corrected chi connectivity index (χ2v) is 4.22. The molecular weight excluding hydrogens is 280 g/mol. The molecule has 0 fully saturated rings. The Morgan fingerprint density at radius 2 is 2.24 bits per heavy atom. The van der Waals surface area contributed by atoms with E-state index in [-0.39, 0.29) is 0 Å². The van der Waals surface area contributed by atoms with Crippen molar-refractivity contribution in [2.75, 3.05) is 5.32 Å². The molecule has 0 bridgehead atoms. The summed E-state index contributed by atoms with van der Waals surface area (Å²) < 4.78 is 0.866. The summed E-state index contributed by atoms with van der Waals surface area (Å²) in [4.78, 5) is 7.97. The minimum Gasteiger partial charge on any atom is -0.378 e. The molecule has 2 rings (SSSR count). The van der Waals surface area contributed by atoms with E-state index < -0.39 is 0 Å². The van der Waals surface area contributed by atoms with Crippen molar-refractivity contribution in [3.8, 4) is 6.07 Å². The molecule has 84 valence electrons. The fourth-order valence-corrected chi connectivity index (χ4v) is 1.86. The molecule has 0 saturated heterocycles. The van der Waals surface area contributed by atoms with Crippen molar-refractivity contribution in [2.45, 2.75) is 6.54 Å². The Morgan fingerprint density at radius 3 is 2.88 bits per heavy atom. The van der Waals surface area contributed by atoms with Crippen LogP contribution < -0.4 is 5.32 Å². The largest absolute Gasteiger partial charge is 0.378 e. The Morgan fingerprint density at radius 1 is 1.35 bits per heavy atom. The molecule has 0 atom stereocenters. The molecular formula is C12H9BrN4. The van der Waals surface area contributed by atoms with Gasteiger partial charge in [-0.3, -0.25) is 0 Å². The maximum absolute atomic E-state index is 8.75.